The molecule has 0 radical (unpaired) electrons. The van der Waals surface area contributed by atoms with Gasteiger partial charge in [-0.2, -0.15) is 0 Å². The summed E-state index contributed by atoms with van der Waals surface area (Å²) < 4.78 is 4.97. The Hall–Kier alpha value is -1.14. The lowest BCUT2D eigenvalue weighted by Crippen LogP contribution is -2.51. The Balaban J connectivity index is 2.88. The summed E-state index contributed by atoms with van der Waals surface area (Å²) in [5, 5.41) is 13.3. The van der Waals surface area contributed by atoms with Gasteiger partial charge < -0.3 is 20.9 Å². The predicted molar refractivity (Wildman–Crippen MR) is 74.7 cm³/mol. The molecule has 0 saturated heterocycles. The van der Waals surface area contributed by atoms with Crippen molar-refractivity contribution in [2.45, 2.75) is 52.3 Å². The lowest BCUT2D eigenvalue weighted by Gasteiger charge is -2.33. The van der Waals surface area contributed by atoms with Crippen molar-refractivity contribution in [1.29, 1.82) is 0 Å². The number of hydrogen-bond acceptors (Lipinski definition) is 5. The molecule has 4 N–H and O–H groups in total. The van der Waals surface area contributed by atoms with Crippen LogP contribution in [-0.4, -0.2) is 41.8 Å². The third kappa shape index (κ3) is 3.70. The first-order valence-corrected chi connectivity index (χ1v) is 7.16. The van der Waals surface area contributed by atoms with E-state index in [9.17, 15) is 14.7 Å². The van der Waals surface area contributed by atoms with E-state index < -0.39 is 18.0 Å². The van der Waals surface area contributed by atoms with E-state index >= 15 is 0 Å². The number of carbonyl (C=O) groups is 2. The summed E-state index contributed by atoms with van der Waals surface area (Å²) in [7, 11) is 0. The van der Waals surface area contributed by atoms with E-state index in [4.69, 9.17) is 10.5 Å². The van der Waals surface area contributed by atoms with Gasteiger partial charge in [0, 0.05) is 24.9 Å². The molecule has 0 aromatic carbocycles. The summed E-state index contributed by atoms with van der Waals surface area (Å²) in [6.07, 6.45) is -0.503. The third-order valence-corrected chi connectivity index (χ3v) is 3.92. The van der Waals surface area contributed by atoms with Gasteiger partial charge in [0.05, 0.1) is 18.6 Å². The van der Waals surface area contributed by atoms with E-state index in [-0.39, 0.29) is 36.4 Å². The normalized spacial score (nSPS) is 31.1. The minimum Gasteiger partial charge on any atom is -0.466 e. The highest BCUT2D eigenvalue weighted by Crippen LogP contribution is 2.35. The number of aliphatic hydroxyl groups is 1. The molecule has 0 bridgehead atoms. The second kappa shape index (κ2) is 7.04. The van der Waals surface area contributed by atoms with Crippen molar-refractivity contribution in [1.82, 2.24) is 5.32 Å². The van der Waals surface area contributed by atoms with E-state index in [1.807, 2.05) is 13.8 Å². The van der Waals surface area contributed by atoms with Gasteiger partial charge in [0.2, 0.25) is 5.91 Å². The minimum atomic E-state index is -0.886. The van der Waals surface area contributed by atoms with Gasteiger partial charge in [-0.3, -0.25) is 9.59 Å². The van der Waals surface area contributed by atoms with Crippen LogP contribution in [0.3, 0.4) is 0 Å². The van der Waals surface area contributed by atoms with Gasteiger partial charge in [-0.1, -0.05) is 13.8 Å². The average molecular weight is 286 g/mol. The molecule has 1 saturated carbocycles. The molecular weight excluding hydrogens is 260 g/mol. The van der Waals surface area contributed by atoms with Crippen LogP contribution in [0.25, 0.3) is 0 Å². The fraction of sp³-hybridized carbons (Fsp3) is 0.857. The summed E-state index contributed by atoms with van der Waals surface area (Å²) in [6, 6.07) is -0.587. The smallest absolute Gasteiger partial charge is 0.311 e. The fourth-order valence-electron chi connectivity index (χ4n) is 3.02. The summed E-state index contributed by atoms with van der Waals surface area (Å²) in [6.45, 7) is 7.35. The van der Waals surface area contributed by atoms with Crippen LogP contribution in [0.2, 0.25) is 0 Å². The molecule has 0 aliphatic heterocycles. The summed E-state index contributed by atoms with van der Waals surface area (Å²) in [4.78, 5) is 23.2. The minimum absolute atomic E-state index is 0.116. The van der Waals surface area contributed by atoms with E-state index in [0.717, 1.165) is 0 Å². The quantitative estimate of drug-likeness (QED) is 0.619. The van der Waals surface area contributed by atoms with E-state index in [1.54, 1.807) is 6.92 Å². The molecule has 1 aliphatic carbocycles. The predicted octanol–water partition coefficient (Wildman–Crippen LogP) is 0.0345. The second-order valence-electron chi connectivity index (χ2n) is 5.80. The van der Waals surface area contributed by atoms with Crippen molar-refractivity contribution in [3.8, 4) is 0 Å². The van der Waals surface area contributed by atoms with Crippen LogP contribution < -0.4 is 11.1 Å². The Bertz CT molecular complexity index is 359. The first-order chi connectivity index (χ1) is 9.29. The Labute approximate surface area is 120 Å². The molecule has 1 fully saturated rings. The first-order valence-electron chi connectivity index (χ1n) is 7.16. The first kappa shape index (κ1) is 16.9. The van der Waals surface area contributed by atoms with Crippen molar-refractivity contribution >= 4 is 11.9 Å². The number of ether oxygens (including phenoxy) is 1. The van der Waals surface area contributed by atoms with Crippen LogP contribution in [0, 0.1) is 17.8 Å². The van der Waals surface area contributed by atoms with Crippen molar-refractivity contribution in [3.63, 3.8) is 0 Å². The van der Waals surface area contributed by atoms with Crippen LogP contribution in [0.4, 0.5) is 0 Å². The van der Waals surface area contributed by atoms with Gasteiger partial charge in [0.25, 0.3) is 0 Å². The maximum Gasteiger partial charge on any atom is 0.311 e. The summed E-state index contributed by atoms with van der Waals surface area (Å²) >= 11 is 0. The van der Waals surface area contributed by atoms with Crippen LogP contribution in [-0.2, 0) is 14.3 Å². The Morgan fingerprint density at radius 2 is 2.05 bits per heavy atom. The molecule has 6 heteroatoms. The van der Waals surface area contributed by atoms with Crippen molar-refractivity contribution < 1.29 is 19.4 Å². The Kier molecular flexibility index (Phi) is 5.95. The van der Waals surface area contributed by atoms with E-state index in [2.05, 4.69) is 5.32 Å². The third-order valence-electron chi connectivity index (χ3n) is 3.92. The molecule has 1 amide bonds. The highest BCUT2D eigenvalue weighted by Gasteiger charge is 2.49. The summed E-state index contributed by atoms with van der Waals surface area (Å²) in [5.74, 6) is -1.41. The molecule has 116 valence electrons. The second-order valence-corrected chi connectivity index (χ2v) is 5.80. The number of rotatable bonds is 5. The zero-order valence-electron chi connectivity index (χ0n) is 12.6. The highest BCUT2D eigenvalue weighted by atomic mass is 16.5. The zero-order valence-corrected chi connectivity index (χ0v) is 12.6. The molecule has 5 atom stereocenters. The molecule has 1 aliphatic rings. The van der Waals surface area contributed by atoms with Crippen molar-refractivity contribution in [3.05, 3.63) is 0 Å². The maximum atomic E-state index is 11.8. The lowest BCUT2D eigenvalue weighted by atomic mass is 9.84. The van der Waals surface area contributed by atoms with Gasteiger partial charge in [0.1, 0.15) is 0 Å². The van der Waals surface area contributed by atoms with Crippen LogP contribution in [0.15, 0.2) is 0 Å². The van der Waals surface area contributed by atoms with Gasteiger partial charge in [-0.15, -0.1) is 0 Å². The molecule has 1 rings (SSSR count). The zero-order chi connectivity index (χ0) is 15.4. The fourth-order valence-corrected chi connectivity index (χ4v) is 3.02. The Morgan fingerprint density at radius 3 is 2.50 bits per heavy atom. The molecule has 20 heavy (non-hydrogen) atoms. The van der Waals surface area contributed by atoms with Crippen molar-refractivity contribution in [2.24, 2.45) is 23.5 Å². The molecule has 5 unspecified atom stereocenters. The maximum absolute atomic E-state index is 11.8. The lowest BCUT2D eigenvalue weighted by molar-refractivity contribution is -0.151. The van der Waals surface area contributed by atoms with Crippen LogP contribution >= 0.6 is 0 Å². The van der Waals surface area contributed by atoms with E-state index in [0.29, 0.717) is 6.42 Å². The molecule has 0 spiro atoms. The van der Waals surface area contributed by atoms with Crippen LogP contribution in [0.5, 0.6) is 0 Å². The molecule has 6 nitrogen and oxygen atoms in total. The van der Waals surface area contributed by atoms with Gasteiger partial charge in [-0.05, 0) is 19.3 Å². The largest absolute Gasteiger partial charge is 0.466 e. The van der Waals surface area contributed by atoms with Crippen molar-refractivity contribution in [2.75, 3.05) is 6.61 Å². The number of hydrogen-bond donors (Lipinski definition) is 3. The Morgan fingerprint density at radius 1 is 1.45 bits per heavy atom. The van der Waals surface area contributed by atoms with Gasteiger partial charge in [0.15, 0.2) is 0 Å². The van der Waals surface area contributed by atoms with Gasteiger partial charge >= 0.3 is 5.97 Å². The standard InChI is InChI=1S/C14H26N2O4/c1-5-20-14(19)9-6-10(15)11(13(9)18)12(7(2)3)16-8(4)17/h7,9-13,18H,5-6,15H2,1-4H3,(H,16,17). The number of carbonyl (C=O) groups excluding carboxylic acids is 2. The summed E-state index contributed by atoms with van der Waals surface area (Å²) in [5.41, 5.74) is 6.09. The molecule has 0 aromatic rings. The highest BCUT2D eigenvalue weighted by molar-refractivity contribution is 5.74. The number of aliphatic hydroxyl groups excluding tert-OH is 1. The van der Waals surface area contributed by atoms with Crippen LogP contribution in [0.1, 0.15) is 34.1 Å². The van der Waals surface area contributed by atoms with Gasteiger partial charge in [-0.25, -0.2) is 0 Å². The molecule has 0 heterocycles. The average Bonchev–Trinajstić information content (AvgIpc) is 2.62. The molecule has 0 aromatic heterocycles. The monoisotopic (exact) mass is 286 g/mol. The molecular formula is C14H26N2O4. The topological polar surface area (TPSA) is 102 Å². The SMILES string of the molecule is CCOC(=O)C1CC(N)C(C(NC(C)=O)C(C)C)C1O. The van der Waals surface area contributed by atoms with E-state index in [1.165, 1.54) is 6.92 Å². The number of esters is 1. The number of nitrogens with one attached hydrogen (secondary N) is 1. The number of nitrogens with two attached hydrogens (primary N) is 1. The number of amides is 1.